The Morgan fingerprint density at radius 3 is 1.73 bits per heavy atom. The van der Waals surface area contributed by atoms with Crippen LogP contribution >= 0.6 is 0 Å². The van der Waals surface area contributed by atoms with E-state index in [4.69, 9.17) is 0 Å². The van der Waals surface area contributed by atoms with Crippen LogP contribution in [0.3, 0.4) is 0 Å². The third-order valence-electron chi connectivity index (χ3n) is 2.90. The molecule has 0 aromatic rings. The van der Waals surface area contributed by atoms with Gasteiger partial charge in [-0.05, 0) is 6.54 Å². The summed E-state index contributed by atoms with van der Waals surface area (Å²) in [6.45, 7) is 7.79. The molecule has 0 amide bonds. The van der Waals surface area contributed by atoms with Gasteiger partial charge in [-0.25, -0.2) is 15.0 Å². The Kier molecular flexibility index (Phi) is 4.95. The summed E-state index contributed by atoms with van der Waals surface area (Å²) in [5, 5.41) is 8.80. The van der Waals surface area contributed by atoms with Gasteiger partial charge >= 0.3 is 0 Å². The second kappa shape index (κ2) is 5.77. The molecule has 1 fully saturated rings. The number of hydrogen-bond donors (Lipinski definition) is 0. The summed E-state index contributed by atoms with van der Waals surface area (Å²) in [7, 11) is 8.42. The maximum atomic E-state index is 2.49. The van der Waals surface area contributed by atoms with E-state index >= 15 is 0 Å². The molecule has 0 saturated carbocycles. The van der Waals surface area contributed by atoms with E-state index in [0.29, 0.717) is 0 Å². The quantitative estimate of drug-likeness (QED) is 0.632. The lowest BCUT2D eigenvalue weighted by Gasteiger charge is -2.44. The van der Waals surface area contributed by atoms with Crippen LogP contribution in [0.25, 0.3) is 0 Å². The SMILES string of the molecule is CCN1CCN(C)N(N(C)C)N(C)CC1. The van der Waals surface area contributed by atoms with Crippen molar-refractivity contribution < 1.29 is 0 Å². The lowest BCUT2D eigenvalue weighted by Crippen LogP contribution is -2.60. The maximum absolute atomic E-state index is 2.49. The molecule has 0 bridgehead atoms. The zero-order valence-electron chi connectivity index (χ0n) is 10.8. The molecule has 0 atom stereocenters. The summed E-state index contributed by atoms with van der Waals surface area (Å²) in [6, 6.07) is 0. The van der Waals surface area contributed by atoms with Gasteiger partial charge in [-0.3, -0.25) is 0 Å². The molecule has 0 N–H and O–H groups in total. The van der Waals surface area contributed by atoms with Crippen molar-refractivity contribution in [3.63, 3.8) is 0 Å². The van der Waals surface area contributed by atoms with Crippen molar-refractivity contribution in [3.8, 4) is 0 Å². The summed E-state index contributed by atoms with van der Waals surface area (Å²) >= 11 is 0. The van der Waals surface area contributed by atoms with E-state index in [1.807, 2.05) is 0 Å². The van der Waals surface area contributed by atoms with Crippen molar-refractivity contribution in [3.05, 3.63) is 0 Å². The first kappa shape index (κ1) is 12.9. The van der Waals surface area contributed by atoms with Crippen LogP contribution in [0.4, 0.5) is 0 Å². The minimum atomic E-state index is 1.07. The molecule has 0 radical (unpaired) electrons. The van der Waals surface area contributed by atoms with Crippen LogP contribution in [-0.4, -0.2) is 86.1 Å². The van der Waals surface area contributed by atoms with Gasteiger partial charge < -0.3 is 4.90 Å². The fourth-order valence-corrected chi connectivity index (χ4v) is 2.05. The molecule has 90 valence electrons. The first-order valence-electron chi connectivity index (χ1n) is 5.68. The van der Waals surface area contributed by atoms with Crippen molar-refractivity contribution in [2.75, 3.05) is 60.9 Å². The van der Waals surface area contributed by atoms with Gasteiger partial charge in [-0.2, -0.15) is 0 Å². The van der Waals surface area contributed by atoms with Crippen LogP contribution in [0.1, 0.15) is 6.92 Å². The highest BCUT2D eigenvalue weighted by molar-refractivity contribution is 4.63. The van der Waals surface area contributed by atoms with Gasteiger partial charge in [0.2, 0.25) is 0 Å². The normalized spacial score (nSPS) is 24.4. The number of rotatable bonds is 2. The second-order valence-electron chi connectivity index (χ2n) is 4.31. The summed E-state index contributed by atoms with van der Waals surface area (Å²) in [4.78, 5) is 2.49. The number of likely N-dealkylation sites (N-methyl/N-ethyl adjacent to an activating group) is 3. The van der Waals surface area contributed by atoms with Crippen molar-refractivity contribution in [1.29, 1.82) is 0 Å². The molecule has 1 aliphatic rings. The van der Waals surface area contributed by atoms with Gasteiger partial charge in [0.15, 0.2) is 0 Å². The lowest BCUT2D eigenvalue weighted by atomic mass is 10.4. The Morgan fingerprint density at radius 1 is 0.933 bits per heavy atom. The largest absolute Gasteiger partial charge is 0.301 e. The Morgan fingerprint density at radius 2 is 1.40 bits per heavy atom. The van der Waals surface area contributed by atoms with Crippen LogP contribution in [-0.2, 0) is 0 Å². The molecule has 0 aliphatic carbocycles. The smallest absolute Gasteiger partial charge is 0.0285 e. The highest BCUT2D eigenvalue weighted by Gasteiger charge is 2.22. The summed E-state index contributed by atoms with van der Waals surface area (Å²) in [5.41, 5.74) is 0. The fraction of sp³-hybridized carbons (Fsp3) is 1.00. The third kappa shape index (κ3) is 3.39. The van der Waals surface area contributed by atoms with Gasteiger partial charge in [0.05, 0.1) is 0 Å². The van der Waals surface area contributed by atoms with Crippen LogP contribution in [0, 0.1) is 0 Å². The standard InChI is InChI=1S/C10H25N5/c1-6-14-9-7-12(4)15(11(2)3)13(5)8-10-14/h6-10H2,1-5H3. The first-order valence-corrected chi connectivity index (χ1v) is 5.68. The number of hydrogen-bond acceptors (Lipinski definition) is 5. The van der Waals surface area contributed by atoms with Crippen LogP contribution < -0.4 is 0 Å². The van der Waals surface area contributed by atoms with E-state index in [0.717, 1.165) is 32.7 Å². The molecule has 0 aromatic heterocycles. The van der Waals surface area contributed by atoms with Gasteiger partial charge in [0.1, 0.15) is 0 Å². The average Bonchev–Trinajstić information content (AvgIpc) is 2.15. The van der Waals surface area contributed by atoms with Gasteiger partial charge in [-0.1, -0.05) is 6.92 Å². The molecular weight excluding hydrogens is 190 g/mol. The maximum Gasteiger partial charge on any atom is 0.0285 e. The Bertz CT molecular complexity index is 171. The van der Waals surface area contributed by atoms with Crippen molar-refractivity contribution in [2.45, 2.75) is 6.92 Å². The van der Waals surface area contributed by atoms with Gasteiger partial charge in [-0.15, -0.1) is 5.23 Å². The van der Waals surface area contributed by atoms with E-state index in [1.165, 1.54) is 0 Å². The van der Waals surface area contributed by atoms with Crippen LogP contribution in [0.15, 0.2) is 0 Å². The molecule has 1 heterocycles. The first-order chi connectivity index (χ1) is 7.06. The summed E-state index contributed by atoms with van der Waals surface area (Å²) in [5.74, 6) is 0. The minimum absolute atomic E-state index is 1.07. The van der Waals surface area contributed by atoms with Gasteiger partial charge in [0.25, 0.3) is 0 Å². The molecule has 0 aromatic carbocycles. The summed E-state index contributed by atoms with van der Waals surface area (Å²) < 4.78 is 0. The van der Waals surface area contributed by atoms with Gasteiger partial charge in [0, 0.05) is 54.4 Å². The van der Waals surface area contributed by atoms with Crippen LogP contribution in [0.2, 0.25) is 0 Å². The molecule has 0 spiro atoms. The topological polar surface area (TPSA) is 16.2 Å². The van der Waals surface area contributed by atoms with E-state index in [-0.39, 0.29) is 0 Å². The van der Waals surface area contributed by atoms with Crippen LogP contribution in [0.5, 0.6) is 0 Å². The molecule has 5 nitrogen and oxygen atoms in total. The number of nitrogens with zero attached hydrogens (tertiary/aromatic N) is 5. The Labute approximate surface area is 93.7 Å². The Hall–Kier alpha value is -0.200. The minimum Gasteiger partial charge on any atom is -0.301 e. The van der Waals surface area contributed by atoms with E-state index < -0.39 is 0 Å². The van der Waals surface area contributed by atoms with Crippen molar-refractivity contribution in [2.24, 2.45) is 0 Å². The number of hydrazine groups is 3. The molecule has 1 saturated heterocycles. The Balaban J connectivity index is 2.61. The molecular formula is C10H25N5. The van der Waals surface area contributed by atoms with E-state index in [1.54, 1.807) is 0 Å². The zero-order valence-corrected chi connectivity index (χ0v) is 10.8. The third-order valence-corrected chi connectivity index (χ3v) is 2.90. The highest BCUT2D eigenvalue weighted by Crippen LogP contribution is 2.06. The zero-order chi connectivity index (χ0) is 11.4. The summed E-state index contributed by atoms with van der Waals surface area (Å²) in [6.07, 6.45) is 0. The predicted molar refractivity (Wildman–Crippen MR) is 62.9 cm³/mol. The molecule has 0 unspecified atom stereocenters. The van der Waals surface area contributed by atoms with Crippen molar-refractivity contribution in [1.82, 2.24) is 25.2 Å². The fourth-order valence-electron chi connectivity index (χ4n) is 2.05. The molecule has 1 aliphatic heterocycles. The molecule has 1 rings (SSSR count). The lowest BCUT2D eigenvalue weighted by molar-refractivity contribution is -0.280. The second-order valence-corrected chi connectivity index (χ2v) is 4.31. The van der Waals surface area contributed by atoms with E-state index in [2.05, 4.69) is 60.3 Å². The molecule has 5 heteroatoms. The average molecular weight is 215 g/mol. The highest BCUT2D eigenvalue weighted by atomic mass is 16.0. The monoisotopic (exact) mass is 215 g/mol. The molecule has 15 heavy (non-hydrogen) atoms. The van der Waals surface area contributed by atoms with Crippen molar-refractivity contribution >= 4 is 0 Å². The van der Waals surface area contributed by atoms with E-state index in [9.17, 15) is 0 Å². The predicted octanol–water partition coefficient (Wildman–Crippen LogP) is -0.206.